The molecule has 0 spiro atoms. The molecule has 0 aliphatic heterocycles. The average molecular weight is 270 g/mol. The Morgan fingerprint density at radius 1 is 1.50 bits per heavy atom. The maximum Gasteiger partial charge on any atom is 0.238 e. The number of rotatable bonds is 5. The van der Waals surface area contributed by atoms with Gasteiger partial charge in [-0.25, -0.2) is 0 Å². The highest BCUT2D eigenvalue weighted by Crippen LogP contribution is 2.22. The molecule has 5 heteroatoms. The smallest absolute Gasteiger partial charge is 0.238 e. The maximum atomic E-state index is 11.8. The zero-order valence-electron chi connectivity index (χ0n) is 11.0. The van der Waals surface area contributed by atoms with E-state index in [1.807, 2.05) is 11.9 Å². The molecule has 0 atom stereocenters. The van der Waals surface area contributed by atoms with Gasteiger partial charge in [-0.3, -0.25) is 9.69 Å². The molecule has 1 rings (SSSR count). The van der Waals surface area contributed by atoms with Crippen molar-refractivity contribution in [3.05, 3.63) is 23.2 Å². The summed E-state index contributed by atoms with van der Waals surface area (Å²) in [5.41, 5.74) is 6.84. The molecule has 18 heavy (non-hydrogen) atoms. The fraction of sp³-hybridized carbons (Fsp3) is 0.462. The maximum absolute atomic E-state index is 11.8. The topological polar surface area (TPSA) is 58.4 Å². The van der Waals surface area contributed by atoms with Gasteiger partial charge < -0.3 is 11.1 Å². The number of nitrogens with two attached hydrogens (primary N) is 1. The first-order valence-corrected chi connectivity index (χ1v) is 6.29. The summed E-state index contributed by atoms with van der Waals surface area (Å²) in [5, 5.41) is 3.32. The van der Waals surface area contributed by atoms with Crippen LogP contribution in [0.4, 0.5) is 11.4 Å². The van der Waals surface area contributed by atoms with Crippen molar-refractivity contribution in [2.75, 3.05) is 31.2 Å². The van der Waals surface area contributed by atoms with Gasteiger partial charge in [-0.05, 0) is 31.2 Å². The third-order valence-corrected chi connectivity index (χ3v) is 2.61. The van der Waals surface area contributed by atoms with Crippen molar-refractivity contribution in [2.24, 2.45) is 5.92 Å². The molecule has 4 nitrogen and oxygen atoms in total. The number of benzene rings is 1. The van der Waals surface area contributed by atoms with E-state index in [2.05, 4.69) is 19.2 Å². The molecule has 1 amide bonds. The number of likely N-dealkylation sites (N-methyl/N-ethyl adjacent to an activating group) is 1. The number of carbonyl (C=O) groups excluding carboxylic acids is 1. The summed E-state index contributed by atoms with van der Waals surface area (Å²) in [6, 6.07) is 5.02. The number of hydrogen-bond acceptors (Lipinski definition) is 3. The number of anilines is 2. The predicted molar refractivity (Wildman–Crippen MR) is 76.8 cm³/mol. The summed E-state index contributed by atoms with van der Waals surface area (Å²) < 4.78 is 0. The van der Waals surface area contributed by atoms with E-state index >= 15 is 0 Å². The summed E-state index contributed by atoms with van der Waals surface area (Å²) in [4.78, 5) is 13.8. The van der Waals surface area contributed by atoms with Crippen molar-refractivity contribution >= 4 is 28.9 Å². The molecule has 0 aliphatic rings. The van der Waals surface area contributed by atoms with Gasteiger partial charge in [0.05, 0.1) is 17.9 Å². The van der Waals surface area contributed by atoms with E-state index in [4.69, 9.17) is 17.3 Å². The number of carbonyl (C=O) groups is 1. The Morgan fingerprint density at radius 2 is 2.17 bits per heavy atom. The first-order valence-electron chi connectivity index (χ1n) is 5.92. The lowest BCUT2D eigenvalue weighted by Gasteiger charge is -2.18. The van der Waals surface area contributed by atoms with Crippen LogP contribution in [0.2, 0.25) is 5.02 Å². The fourth-order valence-electron chi connectivity index (χ4n) is 1.76. The van der Waals surface area contributed by atoms with Crippen molar-refractivity contribution in [3.63, 3.8) is 0 Å². The molecule has 0 saturated carbocycles. The Labute approximate surface area is 113 Å². The van der Waals surface area contributed by atoms with Crippen LogP contribution in [-0.2, 0) is 4.79 Å². The quantitative estimate of drug-likeness (QED) is 0.808. The molecule has 0 aliphatic carbocycles. The third-order valence-electron chi connectivity index (χ3n) is 2.38. The van der Waals surface area contributed by atoms with E-state index < -0.39 is 0 Å². The van der Waals surface area contributed by atoms with E-state index in [0.717, 1.165) is 6.54 Å². The Kier molecular flexibility index (Phi) is 5.44. The van der Waals surface area contributed by atoms with E-state index in [1.165, 1.54) is 0 Å². The molecule has 0 bridgehead atoms. The van der Waals surface area contributed by atoms with Crippen molar-refractivity contribution in [1.82, 2.24) is 4.90 Å². The Morgan fingerprint density at radius 3 is 2.78 bits per heavy atom. The Bertz CT molecular complexity index is 421. The third kappa shape index (κ3) is 4.94. The molecule has 1 aromatic rings. The number of nitrogens with zero attached hydrogens (tertiary/aromatic N) is 1. The number of hydrogen-bond donors (Lipinski definition) is 2. The highest BCUT2D eigenvalue weighted by atomic mass is 35.5. The minimum Gasteiger partial charge on any atom is -0.397 e. The predicted octanol–water partition coefficient (Wildman–Crippen LogP) is 2.45. The first kappa shape index (κ1) is 14.8. The molecule has 0 saturated heterocycles. The molecular weight excluding hydrogens is 250 g/mol. The summed E-state index contributed by atoms with van der Waals surface area (Å²) in [5.74, 6) is 0.436. The lowest BCUT2D eigenvalue weighted by Crippen LogP contribution is -2.32. The molecule has 1 aromatic carbocycles. The standard InChI is InChI=1S/C13H20ClN3O/c1-9(2)7-17(3)8-13(18)16-12-6-10(14)4-5-11(12)15/h4-6,9H,7-8,15H2,1-3H3,(H,16,18). The molecule has 0 aromatic heterocycles. The monoisotopic (exact) mass is 269 g/mol. The van der Waals surface area contributed by atoms with Crippen LogP contribution in [0.25, 0.3) is 0 Å². The molecule has 0 unspecified atom stereocenters. The van der Waals surface area contributed by atoms with Gasteiger partial charge in [0.15, 0.2) is 0 Å². The Hall–Kier alpha value is -1.26. The first-order chi connectivity index (χ1) is 8.38. The van der Waals surface area contributed by atoms with E-state index in [9.17, 15) is 4.79 Å². The molecule has 3 N–H and O–H groups in total. The van der Waals surface area contributed by atoms with Crippen LogP contribution in [0.1, 0.15) is 13.8 Å². The van der Waals surface area contributed by atoms with Crippen LogP contribution in [0, 0.1) is 5.92 Å². The molecule has 0 fully saturated rings. The molecule has 0 heterocycles. The van der Waals surface area contributed by atoms with Crippen molar-refractivity contribution in [3.8, 4) is 0 Å². The molecular formula is C13H20ClN3O. The van der Waals surface area contributed by atoms with Gasteiger partial charge in [0.1, 0.15) is 0 Å². The lowest BCUT2D eigenvalue weighted by atomic mass is 10.2. The van der Waals surface area contributed by atoms with Crippen LogP contribution in [0.15, 0.2) is 18.2 Å². The minimum atomic E-state index is -0.0906. The van der Waals surface area contributed by atoms with Crippen LogP contribution >= 0.6 is 11.6 Å². The van der Waals surface area contributed by atoms with Crippen LogP contribution < -0.4 is 11.1 Å². The second kappa shape index (κ2) is 6.61. The number of amides is 1. The number of nitrogen functional groups attached to an aromatic ring is 1. The van der Waals surface area contributed by atoms with E-state index in [-0.39, 0.29) is 5.91 Å². The van der Waals surface area contributed by atoms with Gasteiger partial charge in [-0.2, -0.15) is 0 Å². The summed E-state index contributed by atoms with van der Waals surface area (Å²) in [7, 11) is 1.92. The SMILES string of the molecule is CC(C)CN(C)CC(=O)Nc1cc(Cl)ccc1N. The van der Waals surface area contributed by atoms with Crippen molar-refractivity contribution in [2.45, 2.75) is 13.8 Å². The number of halogens is 1. The summed E-state index contributed by atoms with van der Waals surface area (Å²) >= 11 is 5.86. The van der Waals surface area contributed by atoms with Gasteiger partial charge in [0.25, 0.3) is 0 Å². The average Bonchev–Trinajstić information content (AvgIpc) is 2.21. The van der Waals surface area contributed by atoms with Gasteiger partial charge in [0, 0.05) is 11.6 Å². The van der Waals surface area contributed by atoms with Gasteiger partial charge in [-0.1, -0.05) is 25.4 Å². The highest BCUT2D eigenvalue weighted by Gasteiger charge is 2.10. The highest BCUT2D eigenvalue weighted by molar-refractivity contribution is 6.31. The van der Waals surface area contributed by atoms with E-state index in [0.29, 0.717) is 28.9 Å². The normalized spacial score (nSPS) is 11.0. The summed E-state index contributed by atoms with van der Waals surface area (Å²) in [6.45, 7) is 5.44. The second-order valence-corrected chi connectivity index (χ2v) is 5.31. The van der Waals surface area contributed by atoms with Gasteiger partial charge in [0.2, 0.25) is 5.91 Å². The fourth-order valence-corrected chi connectivity index (χ4v) is 1.93. The van der Waals surface area contributed by atoms with Crippen LogP contribution in [-0.4, -0.2) is 30.9 Å². The second-order valence-electron chi connectivity index (χ2n) is 4.87. The number of nitrogens with one attached hydrogen (secondary N) is 1. The van der Waals surface area contributed by atoms with Crippen molar-refractivity contribution < 1.29 is 4.79 Å². The van der Waals surface area contributed by atoms with Crippen LogP contribution in [0.3, 0.4) is 0 Å². The minimum absolute atomic E-state index is 0.0906. The van der Waals surface area contributed by atoms with Crippen LogP contribution in [0.5, 0.6) is 0 Å². The zero-order valence-corrected chi connectivity index (χ0v) is 11.8. The zero-order chi connectivity index (χ0) is 13.7. The largest absolute Gasteiger partial charge is 0.397 e. The van der Waals surface area contributed by atoms with E-state index in [1.54, 1.807) is 18.2 Å². The van der Waals surface area contributed by atoms with Crippen molar-refractivity contribution in [1.29, 1.82) is 0 Å². The Balaban J connectivity index is 2.56. The van der Waals surface area contributed by atoms with Gasteiger partial charge in [-0.15, -0.1) is 0 Å². The summed E-state index contributed by atoms with van der Waals surface area (Å²) in [6.07, 6.45) is 0. The lowest BCUT2D eigenvalue weighted by molar-refractivity contribution is -0.117. The van der Waals surface area contributed by atoms with Gasteiger partial charge >= 0.3 is 0 Å². The molecule has 100 valence electrons. The molecule has 0 radical (unpaired) electrons.